The zero-order valence-corrected chi connectivity index (χ0v) is 23.0. The van der Waals surface area contributed by atoms with Gasteiger partial charge in [0, 0.05) is 30.2 Å². The van der Waals surface area contributed by atoms with Crippen molar-refractivity contribution in [2.75, 3.05) is 50.7 Å². The van der Waals surface area contributed by atoms with E-state index in [0.717, 1.165) is 29.5 Å². The maximum Gasteiger partial charge on any atom is 0.219 e. The Labute approximate surface area is 223 Å². The predicted octanol–water partition coefficient (Wildman–Crippen LogP) is 6.19. The monoisotopic (exact) mass is 524 g/mol. The summed E-state index contributed by atoms with van der Waals surface area (Å²) in [5.41, 5.74) is 1.18. The van der Waals surface area contributed by atoms with E-state index in [2.05, 4.69) is 78.8 Å². The van der Waals surface area contributed by atoms with Gasteiger partial charge >= 0.3 is 0 Å². The summed E-state index contributed by atoms with van der Waals surface area (Å²) < 4.78 is 11.7. The molecule has 192 valence electrons. The van der Waals surface area contributed by atoms with Crippen molar-refractivity contribution < 1.29 is 9.15 Å². The summed E-state index contributed by atoms with van der Waals surface area (Å²) in [6.45, 7) is 1.83. The molecule has 36 heavy (non-hydrogen) atoms. The second-order valence-corrected chi connectivity index (χ2v) is 11.6. The van der Waals surface area contributed by atoms with Gasteiger partial charge < -0.3 is 23.9 Å². The van der Waals surface area contributed by atoms with Crippen molar-refractivity contribution in [1.82, 2.24) is 9.88 Å². The number of para-hydroxylation sites is 1. The molecule has 1 aliphatic heterocycles. The van der Waals surface area contributed by atoms with Crippen LogP contribution in [0.5, 0.6) is 0 Å². The number of ether oxygens (including phenoxy) is 1. The molecule has 2 unspecified atom stereocenters. The molecule has 0 spiro atoms. The van der Waals surface area contributed by atoms with E-state index < -0.39 is 0 Å². The molecule has 2 fully saturated rings. The molecule has 0 bridgehead atoms. The molecule has 3 heterocycles. The summed E-state index contributed by atoms with van der Waals surface area (Å²) in [7, 11) is 6.60. The van der Waals surface area contributed by atoms with Gasteiger partial charge in [-0.2, -0.15) is 4.98 Å². The average molecular weight is 525 g/mol. The number of hydrogen-bond acceptors (Lipinski definition) is 7. The number of nitrogens with zero attached hydrogens (tertiary/aromatic N) is 4. The third kappa shape index (κ3) is 5.37. The summed E-state index contributed by atoms with van der Waals surface area (Å²) in [4.78, 5) is 14.0. The molecule has 1 aliphatic carbocycles. The van der Waals surface area contributed by atoms with Crippen LogP contribution in [0.4, 0.5) is 11.5 Å². The Balaban J connectivity index is 1.38. The molecule has 1 saturated heterocycles. The highest BCUT2D eigenvalue weighted by Gasteiger charge is 2.38. The van der Waals surface area contributed by atoms with Gasteiger partial charge in [0.25, 0.3) is 0 Å². The predicted molar refractivity (Wildman–Crippen MR) is 151 cm³/mol. The molecule has 5 rings (SSSR count). The van der Waals surface area contributed by atoms with Gasteiger partial charge in [-0.25, -0.2) is 0 Å². The van der Waals surface area contributed by atoms with Crippen molar-refractivity contribution in [3.63, 3.8) is 0 Å². The highest BCUT2D eigenvalue weighted by molar-refractivity contribution is 7.80. The Bertz CT molecular complexity index is 1110. The molecule has 6 nitrogen and oxygen atoms in total. The van der Waals surface area contributed by atoms with Crippen molar-refractivity contribution in [2.24, 2.45) is 11.8 Å². The maximum absolute atomic E-state index is 6.19. The van der Waals surface area contributed by atoms with E-state index in [1.807, 2.05) is 16.2 Å². The molecule has 2 aromatic heterocycles. The van der Waals surface area contributed by atoms with Crippen LogP contribution >= 0.6 is 23.6 Å². The van der Waals surface area contributed by atoms with E-state index in [0.29, 0.717) is 37.6 Å². The average Bonchev–Trinajstić information content (AvgIpc) is 3.59. The molecule has 2 atom stereocenters. The zero-order valence-electron chi connectivity index (χ0n) is 21.4. The second kappa shape index (κ2) is 11.4. The number of oxazole rings is 1. The molecular formula is C28H36N4O2S2. The number of rotatable bonds is 8. The first-order valence-electron chi connectivity index (χ1n) is 12.8. The van der Waals surface area contributed by atoms with E-state index in [1.165, 1.54) is 23.4 Å². The minimum Gasteiger partial charge on any atom is -0.444 e. The smallest absolute Gasteiger partial charge is 0.219 e. The SMILES string of the molecule is CN(C)C(c1cccs1)C1CCC(C(c2nc(N3CCOCC3=S)co2)N(C)c2ccccc2)CC1. The summed E-state index contributed by atoms with van der Waals surface area (Å²) in [6.07, 6.45) is 6.46. The van der Waals surface area contributed by atoms with Crippen molar-refractivity contribution in [1.29, 1.82) is 0 Å². The summed E-state index contributed by atoms with van der Waals surface area (Å²) in [6, 6.07) is 15.6. The van der Waals surface area contributed by atoms with Gasteiger partial charge in [0.2, 0.25) is 5.89 Å². The lowest BCUT2D eigenvalue weighted by atomic mass is 9.74. The van der Waals surface area contributed by atoms with Gasteiger partial charge in [-0.05, 0) is 75.2 Å². The van der Waals surface area contributed by atoms with Crippen molar-refractivity contribution in [3.8, 4) is 0 Å². The number of thiophene rings is 1. The number of morpholine rings is 1. The van der Waals surface area contributed by atoms with E-state index in [-0.39, 0.29) is 6.04 Å². The molecule has 2 aliphatic rings. The third-order valence-corrected chi connectivity index (χ3v) is 8.99. The Hall–Kier alpha value is -2.26. The number of thiocarbonyl (C=S) groups is 1. The third-order valence-electron chi connectivity index (χ3n) is 7.71. The quantitative estimate of drug-likeness (QED) is 0.326. The first-order valence-corrected chi connectivity index (χ1v) is 14.1. The van der Waals surface area contributed by atoms with Crippen LogP contribution in [0.3, 0.4) is 0 Å². The Morgan fingerprint density at radius 1 is 1.00 bits per heavy atom. The number of benzene rings is 1. The molecule has 0 N–H and O–H groups in total. The number of anilines is 2. The fourth-order valence-corrected chi connectivity index (χ4v) is 7.23. The zero-order chi connectivity index (χ0) is 25.1. The fourth-order valence-electron chi connectivity index (χ4n) is 5.95. The van der Waals surface area contributed by atoms with Gasteiger partial charge in [0.1, 0.15) is 17.3 Å². The molecule has 8 heteroatoms. The van der Waals surface area contributed by atoms with Gasteiger partial charge in [0.15, 0.2) is 5.82 Å². The minimum atomic E-state index is 0.0660. The summed E-state index contributed by atoms with van der Waals surface area (Å²) >= 11 is 7.41. The normalized spacial score (nSPS) is 22.6. The van der Waals surface area contributed by atoms with Gasteiger partial charge in [-0.15, -0.1) is 11.3 Å². The van der Waals surface area contributed by atoms with E-state index in [9.17, 15) is 0 Å². The lowest BCUT2D eigenvalue weighted by Gasteiger charge is -2.41. The standard InChI is InChI=1S/C28H36N4O2S2/c1-30(2)26(23-10-7-17-36-23)20-11-13-21(14-12-20)27(31(3)22-8-5-4-6-9-22)28-29-24(18-34-28)32-15-16-33-19-25(32)35/h4-10,17-18,20-21,26-27H,11-16,19H2,1-3H3. The Morgan fingerprint density at radius 2 is 1.72 bits per heavy atom. The second-order valence-electron chi connectivity index (χ2n) is 10.1. The highest BCUT2D eigenvalue weighted by atomic mass is 32.1. The van der Waals surface area contributed by atoms with E-state index in [1.54, 1.807) is 6.26 Å². The highest BCUT2D eigenvalue weighted by Crippen LogP contribution is 2.46. The summed E-state index contributed by atoms with van der Waals surface area (Å²) in [5.74, 6) is 2.68. The molecule has 1 aromatic carbocycles. The number of aromatic nitrogens is 1. The Kier molecular flexibility index (Phi) is 8.06. The molecule has 0 radical (unpaired) electrons. The lowest BCUT2D eigenvalue weighted by Crippen LogP contribution is -2.40. The number of hydrogen-bond donors (Lipinski definition) is 0. The van der Waals surface area contributed by atoms with Gasteiger partial charge in [-0.1, -0.05) is 36.5 Å². The summed E-state index contributed by atoms with van der Waals surface area (Å²) in [5, 5.41) is 2.20. The molecule has 3 aromatic rings. The Morgan fingerprint density at radius 3 is 2.36 bits per heavy atom. The van der Waals surface area contributed by atoms with Crippen LogP contribution < -0.4 is 9.80 Å². The van der Waals surface area contributed by atoms with Crippen LogP contribution in [-0.4, -0.2) is 55.8 Å². The first-order chi connectivity index (χ1) is 17.5. The molecular weight excluding hydrogens is 488 g/mol. The van der Waals surface area contributed by atoms with E-state index >= 15 is 0 Å². The fraction of sp³-hybridized carbons (Fsp3) is 0.500. The van der Waals surface area contributed by atoms with Crippen LogP contribution in [-0.2, 0) is 4.74 Å². The first kappa shape index (κ1) is 25.4. The van der Waals surface area contributed by atoms with Crippen LogP contribution in [0.1, 0.15) is 48.5 Å². The minimum absolute atomic E-state index is 0.0660. The maximum atomic E-state index is 6.19. The van der Waals surface area contributed by atoms with Gasteiger partial charge in [-0.3, -0.25) is 0 Å². The lowest BCUT2D eigenvalue weighted by molar-refractivity contribution is 0.137. The van der Waals surface area contributed by atoms with Crippen molar-refractivity contribution in [2.45, 2.75) is 37.8 Å². The van der Waals surface area contributed by atoms with Crippen LogP contribution in [0.25, 0.3) is 0 Å². The largest absolute Gasteiger partial charge is 0.444 e. The van der Waals surface area contributed by atoms with Crippen LogP contribution in [0.2, 0.25) is 0 Å². The van der Waals surface area contributed by atoms with E-state index in [4.69, 9.17) is 26.4 Å². The van der Waals surface area contributed by atoms with Crippen molar-refractivity contribution >= 4 is 40.0 Å². The van der Waals surface area contributed by atoms with Crippen LogP contribution in [0.15, 0.2) is 58.5 Å². The van der Waals surface area contributed by atoms with Crippen molar-refractivity contribution in [3.05, 3.63) is 64.9 Å². The molecule has 0 amide bonds. The van der Waals surface area contributed by atoms with Crippen LogP contribution in [0, 0.1) is 11.8 Å². The topological polar surface area (TPSA) is 45.0 Å². The molecule has 1 saturated carbocycles. The van der Waals surface area contributed by atoms with Gasteiger partial charge in [0.05, 0.1) is 13.2 Å².